The largest absolute Gasteiger partial charge is 0.496 e. The molecule has 31 heavy (non-hydrogen) atoms. The van der Waals surface area contributed by atoms with E-state index in [4.69, 9.17) is 9.47 Å². The van der Waals surface area contributed by atoms with E-state index in [1.54, 1.807) is 44.0 Å². The molecular formula is C25H32N2O3S. The average Bonchev–Trinajstić information content (AvgIpc) is 3.15. The Hall–Kier alpha value is -2.73. The molecule has 0 amide bonds. The summed E-state index contributed by atoms with van der Waals surface area (Å²) in [4.78, 5) is 20.0. The Morgan fingerprint density at radius 1 is 1.10 bits per heavy atom. The lowest BCUT2D eigenvalue weighted by Crippen LogP contribution is -2.08. The summed E-state index contributed by atoms with van der Waals surface area (Å²) in [6.07, 6.45) is 3.79. The van der Waals surface area contributed by atoms with Gasteiger partial charge in [0.15, 0.2) is 5.16 Å². The predicted octanol–water partition coefficient (Wildman–Crippen LogP) is 6.75. The van der Waals surface area contributed by atoms with Crippen LogP contribution in [-0.4, -0.2) is 28.8 Å². The molecule has 0 spiro atoms. The zero-order valence-electron chi connectivity index (χ0n) is 19.7. The van der Waals surface area contributed by atoms with E-state index < -0.39 is 0 Å². The molecule has 1 aromatic carbocycles. The number of esters is 1. The number of allylic oxidation sites excluding steroid dienone is 5. The summed E-state index contributed by atoms with van der Waals surface area (Å²) >= 11 is 1.64. The van der Waals surface area contributed by atoms with E-state index in [1.165, 1.54) is 11.1 Å². The van der Waals surface area contributed by atoms with Gasteiger partial charge in [0.05, 0.1) is 18.1 Å². The minimum absolute atomic E-state index is 0.350. The van der Waals surface area contributed by atoms with Gasteiger partial charge >= 0.3 is 5.97 Å². The standard InChI is InChI=1S/C25H32N2O3S/c1-9-16(5)23(29-8)18(7)20(15(3)4)14-31-25-26-21-12-11-19(13-22(21)27-25)30-24(28)17(6)10-2/h9-13H,14H2,1-8H3,(H,26,27)/b16-9-,17-10-,23-18+. The van der Waals surface area contributed by atoms with E-state index in [1.807, 2.05) is 19.9 Å². The molecule has 166 valence electrons. The Balaban J connectivity index is 2.24. The van der Waals surface area contributed by atoms with Crippen LogP contribution in [0.15, 0.2) is 69.1 Å². The summed E-state index contributed by atoms with van der Waals surface area (Å²) in [5.74, 6) is 1.82. The molecule has 5 nitrogen and oxygen atoms in total. The zero-order valence-corrected chi connectivity index (χ0v) is 20.5. The fourth-order valence-corrected chi connectivity index (χ4v) is 4.18. The fraction of sp³-hybridized carbons (Fsp3) is 0.360. The second-order valence-electron chi connectivity index (χ2n) is 7.48. The molecule has 0 saturated carbocycles. The number of carbonyl (C=O) groups excluding carboxylic acids is 1. The minimum Gasteiger partial charge on any atom is -0.496 e. The number of aromatic nitrogens is 2. The van der Waals surface area contributed by atoms with Gasteiger partial charge in [0, 0.05) is 17.4 Å². The Bertz CT molecular complexity index is 1080. The van der Waals surface area contributed by atoms with Crippen LogP contribution < -0.4 is 4.74 Å². The Morgan fingerprint density at radius 3 is 2.35 bits per heavy atom. The first-order chi connectivity index (χ1) is 14.7. The molecule has 0 bridgehead atoms. The number of benzene rings is 1. The SMILES string of the molecule is C/C=C(/C)C(=O)Oc1ccc2nc(SCC(=C(C)C)/C(C)=C(OC)\C(C)=C/C)[nH]c2c1. The van der Waals surface area contributed by atoms with Crippen molar-refractivity contribution in [2.24, 2.45) is 0 Å². The number of H-pyrrole nitrogens is 1. The lowest BCUT2D eigenvalue weighted by atomic mass is 10.0. The first-order valence-electron chi connectivity index (χ1n) is 10.2. The van der Waals surface area contributed by atoms with Crippen LogP contribution in [0, 0.1) is 0 Å². The van der Waals surface area contributed by atoms with Crippen LogP contribution in [0.4, 0.5) is 0 Å². The Kier molecular flexibility index (Phi) is 8.75. The molecule has 0 unspecified atom stereocenters. The van der Waals surface area contributed by atoms with Crippen molar-refractivity contribution in [3.63, 3.8) is 0 Å². The summed E-state index contributed by atoms with van der Waals surface area (Å²) in [5, 5.41) is 0.816. The predicted molar refractivity (Wildman–Crippen MR) is 129 cm³/mol. The van der Waals surface area contributed by atoms with Gasteiger partial charge in [-0.15, -0.1) is 0 Å². The van der Waals surface area contributed by atoms with Gasteiger partial charge in [0.1, 0.15) is 11.5 Å². The van der Waals surface area contributed by atoms with Crippen LogP contribution in [0.5, 0.6) is 5.75 Å². The Labute approximate surface area is 189 Å². The summed E-state index contributed by atoms with van der Waals surface area (Å²) < 4.78 is 11.1. The molecule has 6 heteroatoms. The highest BCUT2D eigenvalue weighted by atomic mass is 32.2. The number of rotatable bonds is 8. The number of ether oxygens (including phenoxy) is 2. The van der Waals surface area contributed by atoms with Crippen LogP contribution in [0.1, 0.15) is 48.5 Å². The molecule has 0 aliphatic heterocycles. The number of nitrogens with one attached hydrogen (secondary N) is 1. The van der Waals surface area contributed by atoms with Crippen molar-refractivity contribution in [2.45, 2.75) is 53.6 Å². The van der Waals surface area contributed by atoms with Gasteiger partial charge in [-0.05, 0) is 77.3 Å². The van der Waals surface area contributed by atoms with Crippen LogP contribution in [0.25, 0.3) is 11.0 Å². The summed E-state index contributed by atoms with van der Waals surface area (Å²) in [5.41, 5.74) is 6.96. The fourth-order valence-electron chi connectivity index (χ4n) is 3.05. The average molecular weight is 441 g/mol. The second kappa shape index (κ2) is 11.0. The van der Waals surface area contributed by atoms with Gasteiger partial charge in [-0.25, -0.2) is 9.78 Å². The smallest absolute Gasteiger partial charge is 0.338 e. The Morgan fingerprint density at radius 2 is 1.77 bits per heavy atom. The summed E-state index contributed by atoms with van der Waals surface area (Å²) in [6, 6.07) is 5.42. The first kappa shape index (κ1) is 24.5. The van der Waals surface area contributed by atoms with Crippen molar-refractivity contribution < 1.29 is 14.3 Å². The first-order valence-corrected chi connectivity index (χ1v) is 11.2. The van der Waals surface area contributed by atoms with Crippen molar-refractivity contribution >= 4 is 28.8 Å². The van der Waals surface area contributed by atoms with Crippen LogP contribution in [-0.2, 0) is 9.53 Å². The van der Waals surface area contributed by atoms with Gasteiger partial charge in [-0.3, -0.25) is 0 Å². The highest BCUT2D eigenvalue weighted by molar-refractivity contribution is 7.99. The summed E-state index contributed by atoms with van der Waals surface area (Å²) in [6.45, 7) is 13.9. The third-order valence-corrected chi connectivity index (χ3v) is 6.04. The van der Waals surface area contributed by atoms with Gasteiger partial charge in [0.2, 0.25) is 0 Å². The molecule has 0 radical (unpaired) electrons. The minimum atomic E-state index is -0.350. The number of thioether (sulfide) groups is 1. The number of aromatic amines is 1. The number of hydrogen-bond acceptors (Lipinski definition) is 5. The lowest BCUT2D eigenvalue weighted by molar-refractivity contribution is -0.130. The van der Waals surface area contributed by atoms with Crippen molar-refractivity contribution in [3.8, 4) is 5.75 Å². The van der Waals surface area contributed by atoms with Crippen molar-refractivity contribution in [1.82, 2.24) is 9.97 Å². The van der Waals surface area contributed by atoms with Gasteiger partial charge in [-0.1, -0.05) is 29.5 Å². The van der Waals surface area contributed by atoms with Crippen molar-refractivity contribution in [2.75, 3.05) is 12.9 Å². The molecule has 0 aliphatic rings. The molecule has 1 heterocycles. The van der Waals surface area contributed by atoms with Gasteiger partial charge in [-0.2, -0.15) is 0 Å². The molecule has 1 N–H and O–H groups in total. The van der Waals surface area contributed by atoms with E-state index in [2.05, 4.69) is 43.7 Å². The van der Waals surface area contributed by atoms with Crippen LogP contribution in [0.3, 0.4) is 0 Å². The highest BCUT2D eigenvalue weighted by Crippen LogP contribution is 2.30. The molecular weight excluding hydrogens is 408 g/mol. The number of imidazole rings is 1. The molecule has 0 aliphatic carbocycles. The number of nitrogens with zero attached hydrogens (tertiary/aromatic N) is 1. The van der Waals surface area contributed by atoms with E-state index >= 15 is 0 Å². The monoisotopic (exact) mass is 440 g/mol. The van der Waals surface area contributed by atoms with E-state index in [9.17, 15) is 4.79 Å². The number of carbonyl (C=O) groups is 1. The number of hydrogen-bond donors (Lipinski definition) is 1. The van der Waals surface area contributed by atoms with Crippen molar-refractivity contribution in [3.05, 3.63) is 64.0 Å². The third kappa shape index (κ3) is 6.14. The molecule has 0 atom stereocenters. The zero-order chi connectivity index (χ0) is 23.1. The second-order valence-corrected chi connectivity index (χ2v) is 8.44. The summed E-state index contributed by atoms with van der Waals surface area (Å²) in [7, 11) is 1.71. The number of fused-ring (bicyclic) bond motifs is 1. The molecule has 2 rings (SSSR count). The quantitative estimate of drug-likeness (QED) is 0.123. The molecule has 0 saturated heterocycles. The maximum atomic E-state index is 12.0. The maximum Gasteiger partial charge on any atom is 0.338 e. The maximum absolute atomic E-state index is 12.0. The molecule has 0 fully saturated rings. The van der Waals surface area contributed by atoms with E-state index in [-0.39, 0.29) is 5.97 Å². The van der Waals surface area contributed by atoms with E-state index in [0.717, 1.165) is 38.8 Å². The topological polar surface area (TPSA) is 64.2 Å². The van der Waals surface area contributed by atoms with Crippen molar-refractivity contribution in [1.29, 1.82) is 0 Å². The number of methoxy groups -OCH3 is 1. The van der Waals surface area contributed by atoms with Gasteiger partial charge in [0.25, 0.3) is 0 Å². The van der Waals surface area contributed by atoms with Crippen LogP contribution >= 0.6 is 11.8 Å². The van der Waals surface area contributed by atoms with Crippen LogP contribution in [0.2, 0.25) is 0 Å². The molecule has 2 aromatic rings. The highest BCUT2D eigenvalue weighted by Gasteiger charge is 2.14. The van der Waals surface area contributed by atoms with E-state index in [0.29, 0.717) is 11.3 Å². The normalized spacial score (nSPS) is 13.2. The molecule has 1 aromatic heterocycles. The lowest BCUT2D eigenvalue weighted by Gasteiger charge is -2.16. The van der Waals surface area contributed by atoms with Gasteiger partial charge < -0.3 is 14.5 Å². The third-order valence-electron chi connectivity index (χ3n) is 5.14.